The number of primary amides is 2. The molecule has 0 bridgehead atoms. The van der Waals surface area contributed by atoms with E-state index in [1.165, 1.54) is 6.20 Å². The lowest BCUT2D eigenvalue weighted by Gasteiger charge is -2.17. The van der Waals surface area contributed by atoms with Gasteiger partial charge >= 0.3 is 0 Å². The topological polar surface area (TPSA) is 162 Å². The number of carbonyl (C=O) groups excluding carboxylic acids is 2. The zero-order valence-electron chi connectivity index (χ0n) is 14.5. The molecule has 0 aliphatic heterocycles. The van der Waals surface area contributed by atoms with Gasteiger partial charge in [0.1, 0.15) is 16.8 Å². The predicted octanol–water partition coefficient (Wildman–Crippen LogP) is 0.633. The number of aromatic nitrogens is 2. The fourth-order valence-electron chi connectivity index (χ4n) is 2.26. The van der Waals surface area contributed by atoms with Crippen LogP contribution in [0.25, 0.3) is 0 Å². The van der Waals surface area contributed by atoms with Gasteiger partial charge in [-0.1, -0.05) is 32.0 Å². The van der Waals surface area contributed by atoms with Crippen LogP contribution in [-0.4, -0.2) is 32.8 Å². The van der Waals surface area contributed by atoms with Gasteiger partial charge in [0.2, 0.25) is 5.91 Å². The number of nitrogens with zero attached hydrogens (tertiary/aromatic N) is 2. The quantitative estimate of drug-likeness (QED) is 0.309. The highest BCUT2D eigenvalue weighted by molar-refractivity contribution is 7.81. The summed E-state index contributed by atoms with van der Waals surface area (Å²) in [5.41, 5.74) is 17.0. The molecule has 1 aliphatic rings. The van der Waals surface area contributed by atoms with Crippen molar-refractivity contribution >= 4 is 40.7 Å². The van der Waals surface area contributed by atoms with Gasteiger partial charge in [-0.05, 0) is 24.8 Å². The normalized spacial score (nSPS) is 15.2. The van der Waals surface area contributed by atoms with Crippen LogP contribution < -0.4 is 27.8 Å². The largest absolute Gasteiger partial charge is 0.402 e. The zero-order valence-corrected chi connectivity index (χ0v) is 15.3. The minimum absolute atomic E-state index is 0.0702. The molecule has 0 aromatic carbocycles. The lowest BCUT2D eigenvalue weighted by molar-refractivity contribution is -0.118. The van der Waals surface area contributed by atoms with Crippen molar-refractivity contribution in [3.63, 3.8) is 0 Å². The van der Waals surface area contributed by atoms with Gasteiger partial charge in [0.25, 0.3) is 5.91 Å². The van der Waals surface area contributed by atoms with Crippen molar-refractivity contribution < 1.29 is 9.59 Å². The molecule has 0 saturated heterocycles. The van der Waals surface area contributed by atoms with Crippen LogP contribution in [0.3, 0.4) is 0 Å². The number of nitrogens with one attached hydrogen (secondary N) is 2. The molecule has 0 unspecified atom stereocenters. The number of thiocarbonyl (C=S) groups is 1. The fraction of sp³-hybridized carbons (Fsp3) is 0.438. The van der Waals surface area contributed by atoms with Crippen molar-refractivity contribution in [2.24, 2.45) is 23.1 Å². The third-order valence-corrected chi connectivity index (χ3v) is 4.12. The number of amides is 2. The standard InChI is InChI=1S/C16H23N7O2S/c1-2-9(17)6-12(26)23-16-13(15(19)25)20-7-11(22-16)21-10(14(18)24)5-8-3-4-8/h6-8,10H,2-5,17H2,1H3,(H2,18,24)(H2,19,25)(H2,21,22,23,26)/t10-/m1/s1. The van der Waals surface area contributed by atoms with E-state index in [9.17, 15) is 9.59 Å². The monoisotopic (exact) mass is 377 g/mol. The summed E-state index contributed by atoms with van der Waals surface area (Å²) in [6.07, 6.45) is 6.31. The summed E-state index contributed by atoms with van der Waals surface area (Å²) in [4.78, 5) is 31.8. The molecule has 26 heavy (non-hydrogen) atoms. The van der Waals surface area contributed by atoms with Gasteiger partial charge in [-0.3, -0.25) is 9.59 Å². The summed E-state index contributed by atoms with van der Waals surface area (Å²) in [6.45, 7) is 1.89. The van der Waals surface area contributed by atoms with Gasteiger partial charge in [-0.15, -0.1) is 0 Å². The van der Waals surface area contributed by atoms with Crippen LogP contribution in [0.2, 0.25) is 0 Å². The first-order valence-electron chi connectivity index (χ1n) is 8.29. The maximum Gasteiger partial charge on any atom is 0.271 e. The van der Waals surface area contributed by atoms with Crippen LogP contribution in [-0.2, 0) is 4.79 Å². The van der Waals surface area contributed by atoms with Crippen LogP contribution >= 0.6 is 12.2 Å². The van der Waals surface area contributed by atoms with Crippen molar-refractivity contribution in [1.29, 1.82) is 0 Å². The number of allylic oxidation sites excluding steroid dienone is 1. The summed E-state index contributed by atoms with van der Waals surface area (Å²) >= 11 is 5.18. The van der Waals surface area contributed by atoms with Gasteiger partial charge in [0.05, 0.1) is 6.20 Å². The molecule has 9 nitrogen and oxygen atoms in total. The van der Waals surface area contributed by atoms with Crippen LogP contribution in [0, 0.1) is 5.92 Å². The summed E-state index contributed by atoms with van der Waals surface area (Å²) in [7, 11) is 0. The molecule has 1 aliphatic carbocycles. The van der Waals surface area contributed by atoms with Gasteiger partial charge in [-0.25, -0.2) is 9.97 Å². The van der Waals surface area contributed by atoms with E-state index in [4.69, 9.17) is 29.4 Å². The van der Waals surface area contributed by atoms with Crippen LogP contribution in [0.5, 0.6) is 0 Å². The highest BCUT2D eigenvalue weighted by Crippen LogP contribution is 2.34. The Hall–Kier alpha value is -2.75. The second kappa shape index (κ2) is 8.56. The molecular weight excluding hydrogens is 354 g/mol. The van der Waals surface area contributed by atoms with E-state index >= 15 is 0 Å². The van der Waals surface area contributed by atoms with Gasteiger partial charge < -0.3 is 27.8 Å². The minimum Gasteiger partial charge on any atom is -0.402 e. The first kappa shape index (κ1) is 19.6. The van der Waals surface area contributed by atoms with Crippen LogP contribution in [0.4, 0.5) is 11.6 Å². The molecular formula is C16H23N7O2S. The molecule has 0 spiro atoms. The van der Waals surface area contributed by atoms with Gasteiger partial charge in [0, 0.05) is 5.70 Å². The highest BCUT2D eigenvalue weighted by Gasteiger charge is 2.28. The molecule has 2 amide bonds. The Labute approximate surface area is 156 Å². The van der Waals surface area contributed by atoms with E-state index < -0.39 is 17.9 Å². The van der Waals surface area contributed by atoms with Crippen molar-refractivity contribution in [2.45, 2.75) is 38.6 Å². The lowest BCUT2D eigenvalue weighted by atomic mass is 10.1. The lowest BCUT2D eigenvalue weighted by Crippen LogP contribution is -2.36. The summed E-state index contributed by atoms with van der Waals surface area (Å²) in [5.74, 6) is -0.364. The Morgan fingerprint density at radius 1 is 1.38 bits per heavy atom. The summed E-state index contributed by atoms with van der Waals surface area (Å²) in [5, 5.41) is 5.76. The van der Waals surface area contributed by atoms with E-state index in [1.54, 1.807) is 6.08 Å². The molecule has 1 fully saturated rings. The number of hydrogen-bond donors (Lipinski definition) is 5. The van der Waals surface area contributed by atoms with Crippen LogP contribution in [0.1, 0.15) is 43.1 Å². The average molecular weight is 377 g/mol. The summed E-state index contributed by atoms with van der Waals surface area (Å²) in [6, 6.07) is -0.563. The smallest absolute Gasteiger partial charge is 0.271 e. The third-order valence-electron chi connectivity index (χ3n) is 3.90. The number of anilines is 2. The number of rotatable bonds is 9. The Balaban J connectivity index is 2.21. The van der Waals surface area contributed by atoms with Crippen LogP contribution in [0.15, 0.2) is 18.0 Å². The molecule has 1 aromatic heterocycles. The number of hydrogen-bond acceptors (Lipinski definition) is 7. The molecule has 1 aromatic rings. The van der Waals surface area contributed by atoms with E-state index in [2.05, 4.69) is 20.6 Å². The molecule has 2 rings (SSSR count). The Morgan fingerprint density at radius 2 is 2.08 bits per heavy atom. The summed E-state index contributed by atoms with van der Waals surface area (Å²) < 4.78 is 0. The first-order chi connectivity index (χ1) is 12.3. The van der Waals surface area contributed by atoms with Gasteiger partial charge in [0.15, 0.2) is 11.5 Å². The van der Waals surface area contributed by atoms with Crippen molar-refractivity contribution in [2.75, 3.05) is 10.6 Å². The Morgan fingerprint density at radius 3 is 2.62 bits per heavy atom. The highest BCUT2D eigenvalue weighted by atomic mass is 32.1. The van der Waals surface area contributed by atoms with Crippen molar-refractivity contribution in [3.05, 3.63) is 23.7 Å². The molecule has 10 heteroatoms. The number of carbonyl (C=O) groups is 2. The first-order valence-corrected chi connectivity index (χ1v) is 8.70. The maximum atomic E-state index is 11.6. The predicted molar refractivity (Wildman–Crippen MR) is 103 cm³/mol. The second-order valence-corrected chi connectivity index (χ2v) is 6.60. The second-order valence-electron chi connectivity index (χ2n) is 6.16. The molecule has 1 heterocycles. The van der Waals surface area contributed by atoms with Crippen molar-refractivity contribution in [3.8, 4) is 0 Å². The Bertz CT molecular complexity index is 746. The van der Waals surface area contributed by atoms with E-state index in [-0.39, 0.29) is 22.3 Å². The van der Waals surface area contributed by atoms with Gasteiger partial charge in [-0.2, -0.15) is 0 Å². The number of nitrogens with two attached hydrogens (primary N) is 3. The Kier molecular flexibility index (Phi) is 6.45. The SMILES string of the molecule is CCC(N)=CC(=S)Nc1nc(N[C@H](CC2CC2)C(N)=O)cnc1C(N)=O. The van der Waals surface area contributed by atoms with Crippen molar-refractivity contribution in [1.82, 2.24) is 9.97 Å². The van der Waals surface area contributed by atoms with E-state index in [0.29, 0.717) is 24.5 Å². The fourth-order valence-corrected chi connectivity index (χ4v) is 2.51. The van der Waals surface area contributed by atoms with E-state index in [0.717, 1.165) is 12.8 Å². The molecule has 8 N–H and O–H groups in total. The molecule has 0 radical (unpaired) electrons. The maximum absolute atomic E-state index is 11.6. The zero-order chi connectivity index (χ0) is 19.3. The van der Waals surface area contributed by atoms with E-state index in [1.807, 2.05) is 6.92 Å². The third kappa shape index (κ3) is 5.66. The average Bonchev–Trinajstić information content (AvgIpc) is 3.37. The molecule has 1 saturated carbocycles. The minimum atomic E-state index is -0.758. The molecule has 140 valence electrons. The molecule has 1 atom stereocenters.